The number of aliphatic carboxylic acids is 1. The summed E-state index contributed by atoms with van der Waals surface area (Å²) in [7, 11) is 0. The van der Waals surface area contributed by atoms with Gasteiger partial charge in [0.25, 0.3) is 12.3 Å². The second kappa shape index (κ2) is 6.98. The second-order valence-corrected chi connectivity index (χ2v) is 4.51. The molecule has 1 atom stereocenters. The Hall–Kier alpha value is -1.98. The summed E-state index contributed by atoms with van der Waals surface area (Å²) in [6.45, 7) is 3.09. The highest BCUT2D eigenvalue weighted by Crippen LogP contribution is 2.20. The van der Waals surface area contributed by atoms with E-state index in [4.69, 9.17) is 5.11 Å². The minimum absolute atomic E-state index is 0.0735. The lowest BCUT2D eigenvalue weighted by Gasteiger charge is -2.27. The number of halogens is 2. The average Bonchev–Trinajstić information content (AvgIpc) is 2.43. The Morgan fingerprint density at radius 1 is 1.35 bits per heavy atom. The predicted molar refractivity (Wildman–Crippen MR) is 69.8 cm³/mol. The minimum Gasteiger partial charge on any atom is -0.480 e. The standard InChI is InChI=1S/C14H17F2NO3/c1-3-9(2)17(8-12(18)19)14(20)11-6-4-5-10(7-11)13(15)16/h4-7,9,13H,3,8H2,1-2H3,(H,18,19). The Labute approximate surface area is 116 Å². The van der Waals surface area contributed by atoms with Crippen LogP contribution >= 0.6 is 0 Å². The number of carboxylic acid groups (broad SMARTS) is 1. The smallest absolute Gasteiger partial charge is 0.323 e. The lowest BCUT2D eigenvalue weighted by atomic mass is 10.1. The summed E-state index contributed by atoms with van der Waals surface area (Å²) in [4.78, 5) is 24.3. The Morgan fingerprint density at radius 2 is 2.00 bits per heavy atom. The number of alkyl halides is 2. The van der Waals surface area contributed by atoms with Crippen LogP contribution < -0.4 is 0 Å². The maximum atomic E-state index is 12.6. The van der Waals surface area contributed by atoms with Crippen LogP contribution in [0.3, 0.4) is 0 Å². The molecule has 0 aliphatic heterocycles. The third-order valence-corrected chi connectivity index (χ3v) is 3.07. The number of amides is 1. The van der Waals surface area contributed by atoms with Crippen LogP contribution in [0.15, 0.2) is 24.3 Å². The highest BCUT2D eigenvalue weighted by atomic mass is 19.3. The third kappa shape index (κ3) is 4.01. The van der Waals surface area contributed by atoms with Crippen molar-refractivity contribution < 1.29 is 23.5 Å². The first-order chi connectivity index (χ1) is 9.36. The SMILES string of the molecule is CCC(C)N(CC(=O)O)C(=O)c1cccc(C(F)F)c1. The third-order valence-electron chi connectivity index (χ3n) is 3.07. The van der Waals surface area contributed by atoms with Gasteiger partial charge in [0.15, 0.2) is 0 Å². The molecule has 1 unspecified atom stereocenters. The number of carbonyl (C=O) groups is 2. The lowest BCUT2D eigenvalue weighted by molar-refractivity contribution is -0.138. The first-order valence-electron chi connectivity index (χ1n) is 6.27. The lowest BCUT2D eigenvalue weighted by Crippen LogP contribution is -2.41. The van der Waals surface area contributed by atoms with E-state index in [9.17, 15) is 18.4 Å². The summed E-state index contributed by atoms with van der Waals surface area (Å²) in [5, 5.41) is 8.85. The highest BCUT2D eigenvalue weighted by Gasteiger charge is 2.23. The van der Waals surface area contributed by atoms with Gasteiger partial charge in [0, 0.05) is 17.2 Å². The number of nitrogens with zero attached hydrogens (tertiary/aromatic N) is 1. The second-order valence-electron chi connectivity index (χ2n) is 4.51. The van der Waals surface area contributed by atoms with E-state index in [0.29, 0.717) is 6.42 Å². The maximum Gasteiger partial charge on any atom is 0.323 e. The van der Waals surface area contributed by atoms with E-state index in [2.05, 4.69) is 0 Å². The molecule has 1 N–H and O–H groups in total. The Kier molecular flexibility index (Phi) is 5.61. The monoisotopic (exact) mass is 285 g/mol. The molecule has 0 aromatic heterocycles. The summed E-state index contributed by atoms with van der Waals surface area (Å²) in [6.07, 6.45) is -2.09. The van der Waals surface area contributed by atoms with Gasteiger partial charge in [-0.3, -0.25) is 9.59 Å². The zero-order valence-electron chi connectivity index (χ0n) is 11.3. The molecule has 1 aromatic carbocycles. The molecule has 4 nitrogen and oxygen atoms in total. The first-order valence-corrected chi connectivity index (χ1v) is 6.27. The van der Waals surface area contributed by atoms with Gasteiger partial charge in [0.1, 0.15) is 6.54 Å². The molecule has 1 aromatic rings. The quantitative estimate of drug-likeness (QED) is 0.874. The van der Waals surface area contributed by atoms with E-state index in [1.165, 1.54) is 23.1 Å². The topological polar surface area (TPSA) is 57.6 Å². The van der Waals surface area contributed by atoms with Crippen molar-refractivity contribution in [1.29, 1.82) is 0 Å². The minimum atomic E-state index is -2.67. The number of hydrogen-bond donors (Lipinski definition) is 1. The van der Waals surface area contributed by atoms with E-state index in [-0.39, 0.29) is 17.2 Å². The van der Waals surface area contributed by atoms with Gasteiger partial charge in [-0.1, -0.05) is 19.1 Å². The van der Waals surface area contributed by atoms with E-state index in [1.807, 2.05) is 6.92 Å². The van der Waals surface area contributed by atoms with E-state index < -0.39 is 24.8 Å². The van der Waals surface area contributed by atoms with Crippen LogP contribution in [0.2, 0.25) is 0 Å². The summed E-state index contributed by atoms with van der Waals surface area (Å²) in [6, 6.07) is 4.82. The molecule has 0 bridgehead atoms. The van der Waals surface area contributed by atoms with Gasteiger partial charge in [0.05, 0.1) is 0 Å². The summed E-state index contributed by atoms with van der Waals surface area (Å²) >= 11 is 0. The van der Waals surface area contributed by atoms with Crippen LogP contribution in [-0.4, -0.2) is 34.5 Å². The molecule has 0 saturated carbocycles. The molecular formula is C14H17F2NO3. The van der Waals surface area contributed by atoms with Gasteiger partial charge in [-0.25, -0.2) is 8.78 Å². The fourth-order valence-electron chi connectivity index (χ4n) is 1.77. The zero-order chi connectivity index (χ0) is 15.3. The van der Waals surface area contributed by atoms with Crippen molar-refractivity contribution in [2.24, 2.45) is 0 Å². The molecule has 1 amide bonds. The molecule has 0 aliphatic rings. The van der Waals surface area contributed by atoms with E-state index in [1.54, 1.807) is 6.92 Å². The van der Waals surface area contributed by atoms with Gasteiger partial charge in [-0.05, 0) is 25.5 Å². The number of hydrogen-bond acceptors (Lipinski definition) is 2. The molecular weight excluding hydrogens is 268 g/mol. The Morgan fingerprint density at radius 3 is 2.50 bits per heavy atom. The van der Waals surface area contributed by atoms with Crippen LogP contribution in [-0.2, 0) is 4.79 Å². The van der Waals surface area contributed by atoms with Crippen LogP contribution in [0.1, 0.15) is 42.6 Å². The molecule has 0 spiro atoms. The number of carbonyl (C=O) groups excluding carboxylic acids is 1. The molecule has 0 saturated heterocycles. The van der Waals surface area contributed by atoms with E-state index >= 15 is 0 Å². The molecule has 0 aliphatic carbocycles. The number of benzene rings is 1. The van der Waals surface area contributed by atoms with Crippen molar-refractivity contribution in [1.82, 2.24) is 4.90 Å². The fourth-order valence-corrected chi connectivity index (χ4v) is 1.77. The van der Waals surface area contributed by atoms with Crippen molar-refractivity contribution in [3.63, 3.8) is 0 Å². The molecule has 6 heteroatoms. The summed E-state index contributed by atoms with van der Waals surface area (Å²) in [5.74, 6) is -1.69. The van der Waals surface area contributed by atoms with E-state index in [0.717, 1.165) is 6.07 Å². The van der Waals surface area contributed by atoms with Gasteiger partial charge >= 0.3 is 5.97 Å². The molecule has 0 radical (unpaired) electrons. The normalized spacial score (nSPS) is 12.2. The molecule has 20 heavy (non-hydrogen) atoms. The zero-order valence-corrected chi connectivity index (χ0v) is 11.3. The molecule has 1 rings (SSSR count). The number of rotatable bonds is 6. The Balaban J connectivity index is 3.05. The molecule has 0 fully saturated rings. The number of carboxylic acids is 1. The summed E-state index contributed by atoms with van der Waals surface area (Å²) < 4.78 is 25.3. The predicted octanol–water partition coefficient (Wildman–Crippen LogP) is 2.95. The van der Waals surface area contributed by atoms with Crippen LogP contribution in [0.5, 0.6) is 0 Å². The average molecular weight is 285 g/mol. The van der Waals surface area contributed by atoms with Crippen LogP contribution in [0.4, 0.5) is 8.78 Å². The van der Waals surface area contributed by atoms with Crippen molar-refractivity contribution >= 4 is 11.9 Å². The fraction of sp³-hybridized carbons (Fsp3) is 0.429. The first kappa shape index (κ1) is 16.1. The van der Waals surface area contributed by atoms with Crippen LogP contribution in [0, 0.1) is 0 Å². The van der Waals surface area contributed by atoms with Crippen molar-refractivity contribution in [2.45, 2.75) is 32.7 Å². The van der Waals surface area contributed by atoms with Crippen molar-refractivity contribution in [2.75, 3.05) is 6.54 Å². The van der Waals surface area contributed by atoms with Gasteiger partial charge < -0.3 is 10.0 Å². The maximum absolute atomic E-state index is 12.6. The highest BCUT2D eigenvalue weighted by molar-refractivity contribution is 5.96. The van der Waals surface area contributed by atoms with Gasteiger partial charge in [-0.2, -0.15) is 0 Å². The van der Waals surface area contributed by atoms with Crippen LogP contribution in [0.25, 0.3) is 0 Å². The van der Waals surface area contributed by atoms with Crippen molar-refractivity contribution in [3.05, 3.63) is 35.4 Å². The summed E-state index contributed by atoms with van der Waals surface area (Å²) in [5.41, 5.74) is -0.181. The van der Waals surface area contributed by atoms with Gasteiger partial charge in [0.2, 0.25) is 0 Å². The van der Waals surface area contributed by atoms with Crippen molar-refractivity contribution in [3.8, 4) is 0 Å². The Bertz CT molecular complexity index is 491. The molecule has 110 valence electrons. The molecule has 0 heterocycles. The van der Waals surface area contributed by atoms with Gasteiger partial charge in [-0.15, -0.1) is 0 Å². The largest absolute Gasteiger partial charge is 0.480 e.